The smallest absolute Gasteiger partial charge is 0.0876 e. The lowest BCUT2D eigenvalue weighted by Crippen LogP contribution is -2.34. The molecule has 0 radical (unpaired) electrons. The predicted molar refractivity (Wildman–Crippen MR) is 53.2 cm³/mol. The van der Waals surface area contributed by atoms with E-state index in [0.29, 0.717) is 5.41 Å². The molecule has 1 aliphatic carbocycles. The van der Waals surface area contributed by atoms with E-state index in [9.17, 15) is 0 Å². The molecular weight excluding hydrogens is 162 g/mol. The molecule has 74 valence electrons. The van der Waals surface area contributed by atoms with E-state index in [1.807, 2.05) is 6.26 Å². The Hall–Kier alpha value is -0.500. The molecule has 0 amide bonds. The van der Waals surface area contributed by atoms with Crippen LogP contribution in [0.15, 0.2) is 11.8 Å². The Balaban J connectivity index is 2.06. The summed E-state index contributed by atoms with van der Waals surface area (Å²) in [4.78, 5) is 0. The second kappa shape index (κ2) is 3.70. The summed E-state index contributed by atoms with van der Waals surface area (Å²) >= 11 is 0. The Morgan fingerprint density at radius 3 is 2.69 bits per heavy atom. The lowest BCUT2D eigenvalue weighted by Gasteiger charge is -2.44. The van der Waals surface area contributed by atoms with E-state index in [2.05, 4.69) is 0 Å². The molecule has 0 aromatic carbocycles. The summed E-state index contributed by atoms with van der Waals surface area (Å²) in [5.74, 6) is 0. The van der Waals surface area contributed by atoms with Crippen LogP contribution in [0.1, 0.15) is 38.5 Å². The number of allylic oxidation sites excluding steroid dienone is 1. The van der Waals surface area contributed by atoms with Crippen LogP contribution in [0.3, 0.4) is 0 Å². The van der Waals surface area contributed by atoms with E-state index < -0.39 is 0 Å². The Labute approximate surface area is 80.1 Å². The van der Waals surface area contributed by atoms with E-state index in [-0.39, 0.29) is 0 Å². The molecule has 0 unspecified atom stereocenters. The minimum absolute atomic E-state index is 0.454. The van der Waals surface area contributed by atoms with Gasteiger partial charge in [-0.15, -0.1) is 0 Å². The van der Waals surface area contributed by atoms with Gasteiger partial charge in [-0.2, -0.15) is 0 Å². The highest BCUT2D eigenvalue weighted by Gasteiger charge is 2.39. The number of nitrogens with two attached hydrogens (primary N) is 1. The zero-order valence-corrected chi connectivity index (χ0v) is 8.22. The van der Waals surface area contributed by atoms with Crippen LogP contribution in [0, 0.1) is 5.41 Å². The van der Waals surface area contributed by atoms with Gasteiger partial charge in [0.25, 0.3) is 0 Å². The first-order valence-corrected chi connectivity index (χ1v) is 5.39. The SMILES string of the molecule is NCCC1(C2=COCCC2)CCC1. The molecule has 0 atom stereocenters. The van der Waals surface area contributed by atoms with Gasteiger partial charge in [-0.25, -0.2) is 0 Å². The Morgan fingerprint density at radius 1 is 1.38 bits per heavy atom. The first-order valence-electron chi connectivity index (χ1n) is 5.39. The fraction of sp³-hybridized carbons (Fsp3) is 0.818. The van der Waals surface area contributed by atoms with Gasteiger partial charge in [-0.1, -0.05) is 6.42 Å². The van der Waals surface area contributed by atoms with Gasteiger partial charge >= 0.3 is 0 Å². The summed E-state index contributed by atoms with van der Waals surface area (Å²) in [5, 5.41) is 0. The standard InChI is InChI=1S/C11H19NO/c12-7-6-11(4-2-5-11)10-3-1-8-13-9-10/h9H,1-8,12H2. The minimum atomic E-state index is 0.454. The second-order valence-corrected chi connectivity index (χ2v) is 4.29. The first kappa shape index (κ1) is 9.07. The lowest BCUT2D eigenvalue weighted by atomic mass is 9.61. The zero-order valence-electron chi connectivity index (χ0n) is 8.22. The summed E-state index contributed by atoms with van der Waals surface area (Å²) in [7, 11) is 0. The Morgan fingerprint density at radius 2 is 2.23 bits per heavy atom. The summed E-state index contributed by atoms with van der Waals surface area (Å²) in [5.41, 5.74) is 7.65. The summed E-state index contributed by atoms with van der Waals surface area (Å²) < 4.78 is 5.41. The largest absolute Gasteiger partial charge is 0.501 e. The molecule has 2 N–H and O–H groups in total. The van der Waals surface area contributed by atoms with Gasteiger partial charge in [-0.3, -0.25) is 0 Å². The predicted octanol–water partition coefficient (Wildman–Crippen LogP) is 2.20. The molecule has 13 heavy (non-hydrogen) atoms. The van der Waals surface area contributed by atoms with Crippen LogP contribution in [0.25, 0.3) is 0 Å². The average molecular weight is 181 g/mol. The first-order chi connectivity index (χ1) is 6.37. The topological polar surface area (TPSA) is 35.2 Å². The molecule has 0 bridgehead atoms. The lowest BCUT2D eigenvalue weighted by molar-refractivity contribution is 0.135. The third kappa shape index (κ3) is 1.60. The van der Waals surface area contributed by atoms with Crippen LogP contribution < -0.4 is 5.73 Å². The van der Waals surface area contributed by atoms with Gasteiger partial charge in [0.05, 0.1) is 12.9 Å². The maximum Gasteiger partial charge on any atom is 0.0876 e. The number of ether oxygens (including phenoxy) is 1. The van der Waals surface area contributed by atoms with Gasteiger partial charge in [-0.05, 0) is 49.6 Å². The van der Waals surface area contributed by atoms with E-state index in [1.165, 1.54) is 37.7 Å². The van der Waals surface area contributed by atoms with Crippen LogP contribution in [-0.4, -0.2) is 13.2 Å². The molecule has 0 aromatic heterocycles. The van der Waals surface area contributed by atoms with Crippen LogP contribution in [0.5, 0.6) is 0 Å². The maximum atomic E-state index is 5.66. The van der Waals surface area contributed by atoms with Gasteiger partial charge in [0.1, 0.15) is 0 Å². The van der Waals surface area contributed by atoms with Crippen molar-refractivity contribution in [3.63, 3.8) is 0 Å². The molecule has 0 spiro atoms. The van der Waals surface area contributed by atoms with Crippen LogP contribution in [0.4, 0.5) is 0 Å². The van der Waals surface area contributed by atoms with Crippen molar-refractivity contribution >= 4 is 0 Å². The highest BCUT2D eigenvalue weighted by atomic mass is 16.5. The van der Waals surface area contributed by atoms with Crippen LogP contribution in [0.2, 0.25) is 0 Å². The third-order valence-electron chi connectivity index (χ3n) is 3.55. The van der Waals surface area contributed by atoms with Crippen molar-refractivity contribution in [3.8, 4) is 0 Å². The monoisotopic (exact) mass is 181 g/mol. The molecule has 2 nitrogen and oxygen atoms in total. The maximum absolute atomic E-state index is 5.66. The Kier molecular flexibility index (Phi) is 2.58. The molecule has 1 saturated carbocycles. The van der Waals surface area contributed by atoms with Crippen molar-refractivity contribution in [1.82, 2.24) is 0 Å². The average Bonchev–Trinajstić information content (AvgIpc) is 2.13. The van der Waals surface area contributed by atoms with Gasteiger partial charge in [0, 0.05) is 0 Å². The molecule has 0 aromatic rings. The van der Waals surface area contributed by atoms with Crippen LogP contribution >= 0.6 is 0 Å². The van der Waals surface area contributed by atoms with E-state index >= 15 is 0 Å². The second-order valence-electron chi connectivity index (χ2n) is 4.29. The van der Waals surface area contributed by atoms with Gasteiger partial charge in [0.2, 0.25) is 0 Å². The van der Waals surface area contributed by atoms with Crippen molar-refractivity contribution in [3.05, 3.63) is 11.8 Å². The van der Waals surface area contributed by atoms with Crippen molar-refractivity contribution < 1.29 is 4.74 Å². The minimum Gasteiger partial charge on any atom is -0.501 e. The van der Waals surface area contributed by atoms with E-state index in [1.54, 1.807) is 0 Å². The molecule has 2 heteroatoms. The highest BCUT2D eigenvalue weighted by molar-refractivity contribution is 5.17. The summed E-state index contributed by atoms with van der Waals surface area (Å²) in [6.45, 7) is 1.72. The van der Waals surface area contributed by atoms with Crippen LogP contribution in [-0.2, 0) is 4.74 Å². The van der Waals surface area contributed by atoms with Crippen molar-refractivity contribution in [2.45, 2.75) is 38.5 Å². The third-order valence-corrected chi connectivity index (χ3v) is 3.55. The van der Waals surface area contributed by atoms with Crippen molar-refractivity contribution in [1.29, 1.82) is 0 Å². The molecule has 1 fully saturated rings. The molecule has 1 aliphatic heterocycles. The molecule has 0 saturated heterocycles. The molecule has 2 aliphatic rings. The quantitative estimate of drug-likeness (QED) is 0.724. The number of hydrogen-bond donors (Lipinski definition) is 1. The van der Waals surface area contributed by atoms with Crippen molar-refractivity contribution in [2.75, 3.05) is 13.2 Å². The normalized spacial score (nSPS) is 25.8. The Bertz CT molecular complexity index is 206. The summed E-state index contributed by atoms with van der Waals surface area (Å²) in [6, 6.07) is 0. The van der Waals surface area contributed by atoms with Gasteiger partial charge < -0.3 is 10.5 Å². The molecular formula is C11H19NO. The number of hydrogen-bond acceptors (Lipinski definition) is 2. The van der Waals surface area contributed by atoms with E-state index in [0.717, 1.165) is 19.6 Å². The van der Waals surface area contributed by atoms with Gasteiger partial charge in [0.15, 0.2) is 0 Å². The molecule has 2 rings (SSSR count). The highest BCUT2D eigenvalue weighted by Crippen LogP contribution is 2.51. The van der Waals surface area contributed by atoms with E-state index in [4.69, 9.17) is 10.5 Å². The number of rotatable bonds is 3. The fourth-order valence-corrected chi connectivity index (χ4v) is 2.57. The fourth-order valence-electron chi connectivity index (χ4n) is 2.57. The molecule has 1 heterocycles. The zero-order chi connectivity index (χ0) is 9.15. The summed E-state index contributed by atoms with van der Waals surface area (Å²) in [6.07, 6.45) is 9.63. The van der Waals surface area contributed by atoms with Crippen molar-refractivity contribution in [2.24, 2.45) is 11.1 Å².